The average Bonchev–Trinajstić information content (AvgIpc) is 2.79. The lowest BCUT2D eigenvalue weighted by Crippen LogP contribution is -2.28. The molecule has 2 amide bonds. The van der Waals surface area contributed by atoms with Crippen LogP contribution in [0.4, 0.5) is 5.69 Å². The molecule has 0 radical (unpaired) electrons. The Morgan fingerprint density at radius 1 is 0.903 bits per heavy atom. The molecule has 3 rings (SSSR count). The van der Waals surface area contributed by atoms with Crippen LogP contribution in [0.25, 0.3) is 0 Å². The number of anilines is 1. The molecule has 0 fully saturated rings. The number of ether oxygens (including phenoxy) is 2. The highest BCUT2D eigenvalue weighted by Gasteiger charge is 2.13. The Labute approximate surface area is 186 Å². The molecule has 0 aliphatic heterocycles. The van der Waals surface area contributed by atoms with E-state index in [1.165, 1.54) is 0 Å². The zero-order chi connectivity index (χ0) is 22.1. The number of nitrogens with one attached hydrogen (secondary N) is 2. The van der Waals surface area contributed by atoms with Crippen LogP contribution in [0, 0.1) is 0 Å². The molecule has 7 heteroatoms. The zero-order valence-corrected chi connectivity index (χ0v) is 17.8. The van der Waals surface area contributed by atoms with Crippen molar-refractivity contribution in [3.63, 3.8) is 0 Å². The van der Waals surface area contributed by atoms with Crippen LogP contribution >= 0.6 is 11.6 Å². The van der Waals surface area contributed by atoms with Gasteiger partial charge in [-0.25, -0.2) is 0 Å². The summed E-state index contributed by atoms with van der Waals surface area (Å²) in [6.45, 7) is 0.280. The van der Waals surface area contributed by atoms with Gasteiger partial charge in [-0.05, 0) is 60.5 Å². The standard InChI is InChI=1S/C24H23ClN2O4/c1-30-19-10-6-17(7-11-19)14-15-26-24(29)21-4-2-3-5-22(21)27-23(28)16-31-20-12-8-18(25)9-13-20/h2-13H,14-16H2,1H3,(H,26,29)(H,27,28). The van der Waals surface area contributed by atoms with Crippen molar-refractivity contribution in [2.75, 3.05) is 25.6 Å². The lowest BCUT2D eigenvalue weighted by molar-refractivity contribution is -0.118. The van der Waals surface area contributed by atoms with Gasteiger partial charge in [0.1, 0.15) is 11.5 Å². The second kappa shape index (κ2) is 11.0. The molecule has 0 saturated heterocycles. The summed E-state index contributed by atoms with van der Waals surface area (Å²) in [6, 6.07) is 21.3. The van der Waals surface area contributed by atoms with Gasteiger partial charge in [-0.2, -0.15) is 0 Å². The molecule has 31 heavy (non-hydrogen) atoms. The van der Waals surface area contributed by atoms with Crippen LogP contribution in [-0.2, 0) is 11.2 Å². The summed E-state index contributed by atoms with van der Waals surface area (Å²) in [5.74, 6) is 0.693. The number of hydrogen-bond donors (Lipinski definition) is 2. The first kappa shape index (κ1) is 22.2. The molecule has 0 spiro atoms. The van der Waals surface area contributed by atoms with Gasteiger partial charge < -0.3 is 20.1 Å². The summed E-state index contributed by atoms with van der Waals surface area (Å²) in [6.07, 6.45) is 0.680. The number of rotatable bonds is 9. The van der Waals surface area contributed by atoms with Gasteiger partial charge in [-0.3, -0.25) is 9.59 Å². The Kier molecular flexibility index (Phi) is 7.90. The SMILES string of the molecule is COc1ccc(CCNC(=O)c2ccccc2NC(=O)COc2ccc(Cl)cc2)cc1. The molecular weight excluding hydrogens is 416 g/mol. The minimum absolute atomic E-state index is 0.185. The third kappa shape index (κ3) is 6.76. The van der Waals surface area contributed by atoms with Crippen LogP contribution in [0.3, 0.4) is 0 Å². The van der Waals surface area contributed by atoms with E-state index >= 15 is 0 Å². The molecule has 3 aromatic rings. The maximum Gasteiger partial charge on any atom is 0.262 e. The zero-order valence-electron chi connectivity index (χ0n) is 17.1. The Morgan fingerprint density at radius 2 is 1.58 bits per heavy atom. The lowest BCUT2D eigenvalue weighted by Gasteiger charge is -2.12. The molecule has 0 aromatic heterocycles. The lowest BCUT2D eigenvalue weighted by atomic mass is 10.1. The van der Waals surface area contributed by atoms with Crippen molar-refractivity contribution >= 4 is 29.1 Å². The number of amides is 2. The van der Waals surface area contributed by atoms with Gasteiger partial charge in [-0.15, -0.1) is 0 Å². The minimum atomic E-state index is -0.367. The summed E-state index contributed by atoms with van der Waals surface area (Å²) in [7, 11) is 1.62. The maximum atomic E-state index is 12.6. The highest BCUT2D eigenvalue weighted by atomic mass is 35.5. The van der Waals surface area contributed by atoms with Crippen LogP contribution in [0.1, 0.15) is 15.9 Å². The first-order valence-electron chi connectivity index (χ1n) is 9.73. The number of para-hydroxylation sites is 1. The fourth-order valence-electron chi connectivity index (χ4n) is 2.86. The number of hydrogen-bond acceptors (Lipinski definition) is 4. The summed E-state index contributed by atoms with van der Waals surface area (Å²) < 4.78 is 10.6. The number of methoxy groups -OCH3 is 1. The van der Waals surface area contributed by atoms with E-state index in [4.69, 9.17) is 21.1 Å². The van der Waals surface area contributed by atoms with Crippen LogP contribution in [0.2, 0.25) is 5.02 Å². The van der Waals surface area contributed by atoms with E-state index in [1.54, 1.807) is 55.6 Å². The third-order valence-electron chi connectivity index (χ3n) is 4.49. The van der Waals surface area contributed by atoms with Crippen LogP contribution in [-0.4, -0.2) is 32.1 Å². The van der Waals surface area contributed by atoms with Gasteiger partial charge in [0, 0.05) is 11.6 Å². The Balaban J connectivity index is 1.52. The van der Waals surface area contributed by atoms with Gasteiger partial charge in [0.05, 0.1) is 18.4 Å². The summed E-state index contributed by atoms with van der Waals surface area (Å²) in [4.78, 5) is 24.9. The molecule has 2 N–H and O–H groups in total. The highest BCUT2D eigenvalue weighted by molar-refractivity contribution is 6.30. The van der Waals surface area contributed by atoms with Crippen LogP contribution < -0.4 is 20.1 Å². The van der Waals surface area contributed by atoms with Gasteiger partial charge in [-0.1, -0.05) is 35.9 Å². The Hall–Kier alpha value is -3.51. The average molecular weight is 439 g/mol. The number of carbonyl (C=O) groups excluding carboxylic acids is 2. The van der Waals surface area contributed by atoms with Crippen molar-refractivity contribution in [3.05, 3.63) is 88.9 Å². The number of carbonyl (C=O) groups is 2. The van der Waals surface area contributed by atoms with E-state index in [2.05, 4.69) is 10.6 Å². The molecule has 0 aliphatic carbocycles. The smallest absolute Gasteiger partial charge is 0.262 e. The maximum absolute atomic E-state index is 12.6. The second-order valence-electron chi connectivity index (χ2n) is 6.69. The van der Waals surface area contributed by atoms with Crippen molar-refractivity contribution in [1.29, 1.82) is 0 Å². The summed E-state index contributed by atoms with van der Waals surface area (Å²) >= 11 is 5.83. The van der Waals surface area contributed by atoms with Gasteiger partial charge in [0.25, 0.3) is 11.8 Å². The predicted octanol–water partition coefficient (Wildman–Crippen LogP) is 4.34. The van der Waals surface area contributed by atoms with Crippen LogP contribution in [0.15, 0.2) is 72.8 Å². The molecule has 0 bridgehead atoms. The van der Waals surface area contributed by atoms with Crippen molar-refractivity contribution in [1.82, 2.24) is 5.32 Å². The predicted molar refractivity (Wildman–Crippen MR) is 121 cm³/mol. The second-order valence-corrected chi connectivity index (χ2v) is 7.13. The van der Waals surface area contributed by atoms with E-state index < -0.39 is 0 Å². The molecular formula is C24H23ClN2O4. The topological polar surface area (TPSA) is 76.7 Å². The molecule has 160 valence electrons. The summed E-state index contributed by atoms with van der Waals surface area (Å²) in [5.41, 5.74) is 1.90. The summed E-state index contributed by atoms with van der Waals surface area (Å²) in [5, 5.41) is 6.20. The quantitative estimate of drug-likeness (QED) is 0.521. The number of benzene rings is 3. The molecule has 6 nitrogen and oxygen atoms in total. The molecule has 0 heterocycles. The van der Waals surface area contributed by atoms with E-state index in [-0.39, 0.29) is 18.4 Å². The van der Waals surface area contributed by atoms with E-state index in [0.29, 0.717) is 35.0 Å². The Bertz CT molecular complexity index is 1020. The monoisotopic (exact) mass is 438 g/mol. The first-order valence-corrected chi connectivity index (χ1v) is 10.1. The first-order chi connectivity index (χ1) is 15.0. The van der Waals surface area contributed by atoms with Crippen LogP contribution in [0.5, 0.6) is 11.5 Å². The normalized spacial score (nSPS) is 10.3. The minimum Gasteiger partial charge on any atom is -0.497 e. The highest BCUT2D eigenvalue weighted by Crippen LogP contribution is 2.17. The molecule has 0 saturated carbocycles. The largest absolute Gasteiger partial charge is 0.497 e. The van der Waals surface area contributed by atoms with E-state index in [1.807, 2.05) is 24.3 Å². The number of halogens is 1. The molecule has 0 unspecified atom stereocenters. The van der Waals surface area contributed by atoms with Crippen molar-refractivity contribution in [3.8, 4) is 11.5 Å². The fourth-order valence-corrected chi connectivity index (χ4v) is 2.99. The van der Waals surface area contributed by atoms with Crippen molar-refractivity contribution in [2.24, 2.45) is 0 Å². The van der Waals surface area contributed by atoms with Crippen molar-refractivity contribution < 1.29 is 19.1 Å². The fraction of sp³-hybridized carbons (Fsp3) is 0.167. The molecule has 0 atom stereocenters. The van der Waals surface area contributed by atoms with Gasteiger partial charge in [0.2, 0.25) is 0 Å². The molecule has 0 aliphatic rings. The molecule has 3 aromatic carbocycles. The van der Waals surface area contributed by atoms with Gasteiger partial charge >= 0.3 is 0 Å². The van der Waals surface area contributed by atoms with Gasteiger partial charge in [0.15, 0.2) is 6.61 Å². The Morgan fingerprint density at radius 3 is 2.29 bits per heavy atom. The third-order valence-corrected chi connectivity index (χ3v) is 4.74. The van der Waals surface area contributed by atoms with E-state index in [9.17, 15) is 9.59 Å². The van der Waals surface area contributed by atoms with E-state index in [0.717, 1.165) is 11.3 Å². The van der Waals surface area contributed by atoms with Crippen molar-refractivity contribution in [2.45, 2.75) is 6.42 Å².